The Bertz CT molecular complexity index is 614. The fraction of sp³-hybridized carbons (Fsp3) is 0.0714. The van der Waals surface area contributed by atoms with E-state index in [2.05, 4.69) is 15.6 Å². The molecule has 1 heterocycles. The fourth-order valence-corrected chi connectivity index (χ4v) is 1.67. The van der Waals surface area contributed by atoms with Gasteiger partial charge >= 0.3 is 6.03 Å². The molecule has 0 aliphatic heterocycles. The molecule has 0 atom stereocenters. The summed E-state index contributed by atoms with van der Waals surface area (Å²) in [4.78, 5) is 26.7. The topological polar surface area (TPSA) is 97.1 Å². The van der Waals surface area contributed by atoms with Crippen molar-refractivity contribution >= 4 is 17.6 Å². The Labute approximate surface area is 116 Å². The number of rotatable bonds is 4. The Kier molecular flexibility index (Phi) is 4.28. The molecule has 0 radical (unpaired) electrons. The van der Waals surface area contributed by atoms with Crippen LogP contribution >= 0.6 is 0 Å². The summed E-state index contributed by atoms with van der Waals surface area (Å²) < 4.78 is 0. The maximum absolute atomic E-state index is 12.0. The van der Waals surface area contributed by atoms with Crippen molar-refractivity contribution < 1.29 is 9.59 Å². The van der Waals surface area contributed by atoms with Crippen molar-refractivity contribution in [2.45, 2.75) is 6.54 Å². The van der Waals surface area contributed by atoms with Crippen LogP contribution in [0.1, 0.15) is 15.9 Å². The molecule has 6 heteroatoms. The highest BCUT2D eigenvalue weighted by Crippen LogP contribution is 2.10. The van der Waals surface area contributed by atoms with E-state index >= 15 is 0 Å². The monoisotopic (exact) mass is 270 g/mol. The Morgan fingerprint density at radius 2 is 2.05 bits per heavy atom. The lowest BCUT2D eigenvalue weighted by Crippen LogP contribution is -2.23. The zero-order valence-electron chi connectivity index (χ0n) is 10.7. The van der Waals surface area contributed by atoms with Crippen LogP contribution in [0.4, 0.5) is 10.5 Å². The number of carbonyl (C=O) groups is 2. The number of amides is 3. The molecule has 20 heavy (non-hydrogen) atoms. The first-order valence-corrected chi connectivity index (χ1v) is 5.99. The summed E-state index contributed by atoms with van der Waals surface area (Å²) in [6, 6.07) is 9.55. The van der Waals surface area contributed by atoms with Gasteiger partial charge in [-0.25, -0.2) is 4.79 Å². The predicted octanol–water partition coefficient (Wildman–Crippen LogP) is 1.50. The average Bonchev–Trinajstić information content (AvgIpc) is 2.45. The van der Waals surface area contributed by atoms with Crippen LogP contribution in [0.5, 0.6) is 0 Å². The SMILES string of the molecule is NC(=O)Nc1cccc(C(=O)NCc2cccnc2)c1. The third kappa shape index (κ3) is 3.81. The molecule has 2 rings (SSSR count). The van der Waals surface area contributed by atoms with E-state index in [0.717, 1.165) is 5.56 Å². The Hall–Kier alpha value is -2.89. The molecule has 0 bridgehead atoms. The molecule has 1 aromatic carbocycles. The molecule has 2 aromatic rings. The number of pyridine rings is 1. The van der Waals surface area contributed by atoms with Crippen molar-refractivity contribution in [2.24, 2.45) is 5.73 Å². The van der Waals surface area contributed by atoms with Gasteiger partial charge in [-0.1, -0.05) is 12.1 Å². The van der Waals surface area contributed by atoms with Gasteiger partial charge in [-0.05, 0) is 29.8 Å². The molecule has 1 aromatic heterocycles. The number of nitrogens with zero attached hydrogens (tertiary/aromatic N) is 1. The molecular formula is C14H14N4O2. The van der Waals surface area contributed by atoms with Crippen LogP contribution in [-0.4, -0.2) is 16.9 Å². The first-order valence-electron chi connectivity index (χ1n) is 5.99. The molecule has 102 valence electrons. The minimum absolute atomic E-state index is 0.234. The van der Waals surface area contributed by atoms with Gasteiger partial charge in [0.2, 0.25) is 0 Å². The molecule has 0 fully saturated rings. The Morgan fingerprint density at radius 3 is 2.75 bits per heavy atom. The number of benzene rings is 1. The van der Waals surface area contributed by atoms with Gasteiger partial charge in [0.25, 0.3) is 5.91 Å². The summed E-state index contributed by atoms with van der Waals surface area (Å²) in [7, 11) is 0. The lowest BCUT2D eigenvalue weighted by atomic mass is 10.2. The van der Waals surface area contributed by atoms with E-state index in [0.29, 0.717) is 17.8 Å². The number of hydrogen-bond acceptors (Lipinski definition) is 3. The second kappa shape index (κ2) is 6.33. The minimum Gasteiger partial charge on any atom is -0.351 e. The lowest BCUT2D eigenvalue weighted by Gasteiger charge is -2.07. The molecule has 0 aliphatic rings. The summed E-state index contributed by atoms with van der Waals surface area (Å²) in [5, 5.41) is 5.20. The molecule has 0 unspecified atom stereocenters. The second-order valence-corrected chi connectivity index (χ2v) is 4.11. The highest BCUT2D eigenvalue weighted by molar-refractivity contribution is 5.96. The van der Waals surface area contributed by atoms with Crippen molar-refractivity contribution in [1.29, 1.82) is 0 Å². The van der Waals surface area contributed by atoms with Crippen LogP contribution in [-0.2, 0) is 6.54 Å². The first kappa shape index (κ1) is 13.5. The van der Waals surface area contributed by atoms with Gasteiger partial charge in [0.1, 0.15) is 0 Å². The minimum atomic E-state index is -0.669. The second-order valence-electron chi connectivity index (χ2n) is 4.11. The number of anilines is 1. The zero-order chi connectivity index (χ0) is 14.4. The molecule has 4 N–H and O–H groups in total. The van der Waals surface area contributed by atoms with E-state index in [1.54, 1.807) is 42.7 Å². The number of carbonyl (C=O) groups excluding carboxylic acids is 2. The highest BCUT2D eigenvalue weighted by atomic mass is 16.2. The molecule has 0 spiro atoms. The van der Waals surface area contributed by atoms with Crippen LogP contribution in [0, 0.1) is 0 Å². The number of nitrogens with two attached hydrogens (primary N) is 1. The van der Waals surface area contributed by atoms with Gasteiger partial charge < -0.3 is 16.4 Å². The normalized spacial score (nSPS) is 9.80. The fourth-order valence-electron chi connectivity index (χ4n) is 1.67. The van der Waals surface area contributed by atoms with Crippen molar-refractivity contribution in [3.8, 4) is 0 Å². The van der Waals surface area contributed by atoms with Crippen molar-refractivity contribution in [3.05, 3.63) is 59.9 Å². The average molecular weight is 270 g/mol. The summed E-state index contributed by atoms with van der Waals surface area (Å²) >= 11 is 0. The number of hydrogen-bond donors (Lipinski definition) is 3. The van der Waals surface area contributed by atoms with Crippen LogP contribution in [0.3, 0.4) is 0 Å². The Balaban J connectivity index is 2.00. The predicted molar refractivity (Wildman–Crippen MR) is 75.1 cm³/mol. The molecule has 0 saturated heterocycles. The number of aromatic nitrogens is 1. The summed E-state index contributed by atoms with van der Waals surface area (Å²) in [5.74, 6) is -0.234. The van der Waals surface area contributed by atoms with Crippen molar-refractivity contribution in [3.63, 3.8) is 0 Å². The smallest absolute Gasteiger partial charge is 0.316 e. The number of nitrogens with one attached hydrogen (secondary N) is 2. The molecule has 0 aliphatic carbocycles. The van der Waals surface area contributed by atoms with E-state index in [1.165, 1.54) is 0 Å². The molecule has 3 amide bonds. The lowest BCUT2D eigenvalue weighted by molar-refractivity contribution is 0.0951. The quantitative estimate of drug-likeness (QED) is 0.785. The van der Waals surface area contributed by atoms with Crippen molar-refractivity contribution in [1.82, 2.24) is 10.3 Å². The largest absolute Gasteiger partial charge is 0.351 e. The van der Waals surface area contributed by atoms with Crippen LogP contribution < -0.4 is 16.4 Å². The Morgan fingerprint density at radius 1 is 1.20 bits per heavy atom. The van der Waals surface area contributed by atoms with E-state index in [1.807, 2.05) is 6.07 Å². The van der Waals surface area contributed by atoms with E-state index < -0.39 is 6.03 Å². The van der Waals surface area contributed by atoms with E-state index in [4.69, 9.17) is 5.73 Å². The van der Waals surface area contributed by atoms with Crippen molar-refractivity contribution in [2.75, 3.05) is 5.32 Å². The van der Waals surface area contributed by atoms with Gasteiger partial charge in [0.15, 0.2) is 0 Å². The molecule has 0 saturated carbocycles. The van der Waals surface area contributed by atoms with E-state index in [-0.39, 0.29) is 5.91 Å². The first-order chi connectivity index (χ1) is 9.65. The third-order valence-corrected chi connectivity index (χ3v) is 2.57. The molecule has 6 nitrogen and oxygen atoms in total. The summed E-state index contributed by atoms with van der Waals surface area (Å²) in [6.07, 6.45) is 3.36. The maximum atomic E-state index is 12.0. The van der Waals surface area contributed by atoms with Gasteiger partial charge in [-0.2, -0.15) is 0 Å². The summed E-state index contributed by atoms with van der Waals surface area (Å²) in [5.41, 5.74) is 6.86. The maximum Gasteiger partial charge on any atom is 0.316 e. The third-order valence-electron chi connectivity index (χ3n) is 2.57. The summed E-state index contributed by atoms with van der Waals surface area (Å²) in [6.45, 7) is 0.389. The zero-order valence-corrected chi connectivity index (χ0v) is 10.7. The number of urea groups is 1. The highest BCUT2D eigenvalue weighted by Gasteiger charge is 2.06. The van der Waals surface area contributed by atoms with Gasteiger partial charge in [-0.15, -0.1) is 0 Å². The van der Waals surface area contributed by atoms with Crippen LogP contribution in [0.15, 0.2) is 48.8 Å². The van der Waals surface area contributed by atoms with Gasteiger partial charge in [0, 0.05) is 30.2 Å². The number of primary amides is 1. The van der Waals surface area contributed by atoms with Gasteiger partial charge in [-0.3, -0.25) is 9.78 Å². The van der Waals surface area contributed by atoms with Gasteiger partial charge in [0.05, 0.1) is 0 Å². The molecular weight excluding hydrogens is 256 g/mol. The van der Waals surface area contributed by atoms with E-state index in [9.17, 15) is 9.59 Å². The van der Waals surface area contributed by atoms with Crippen LogP contribution in [0.25, 0.3) is 0 Å². The van der Waals surface area contributed by atoms with Crippen LogP contribution in [0.2, 0.25) is 0 Å². The standard InChI is InChI=1S/C14H14N4O2/c15-14(20)18-12-5-1-4-11(7-12)13(19)17-9-10-3-2-6-16-8-10/h1-8H,9H2,(H,17,19)(H3,15,18,20).